The Morgan fingerprint density at radius 3 is 2.34 bits per heavy atom. The fourth-order valence-corrected chi connectivity index (χ4v) is 4.55. The van der Waals surface area contributed by atoms with Gasteiger partial charge in [0.2, 0.25) is 5.91 Å². The Balaban J connectivity index is 1.60. The van der Waals surface area contributed by atoms with Gasteiger partial charge in [0.25, 0.3) is 0 Å². The van der Waals surface area contributed by atoms with Gasteiger partial charge in [-0.2, -0.15) is 0 Å². The topological polar surface area (TPSA) is 69.0 Å². The molecule has 0 saturated carbocycles. The van der Waals surface area contributed by atoms with Crippen LogP contribution in [0.25, 0.3) is 17.1 Å². The summed E-state index contributed by atoms with van der Waals surface area (Å²) in [6.45, 7) is 6.38. The highest BCUT2D eigenvalue weighted by Gasteiger charge is 2.20. The average molecular weight is 507 g/mol. The molecule has 1 aromatic heterocycles. The molecule has 0 aliphatic rings. The number of benzene rings is 3. The molecule has 6 nitrogen and oxygen atoms in total. The molecular formula is C27H27ClN4O2S. The quantitative estimate of drug-likeness (QED) is 0.285. The van der Waals surface area contributed by atoms with Crippen LogP contribution in [-0.4, -0.2) is 33.5 Å². The number of aromatic nitrogens is 3. The normalized spacial score (nSPS) is 11.3. The van der Waals surface area contributed by atoms with Crippen LogP contribution in [0.5, 0.6) is 5.75 Å². The zero-order valence-electron chi connectivity index (χ0n) is 20.1. The van der Waals surface area contributed by atoms with E-state index in [2.05, 4.69) is 36.3 Å². The summed E-state index contributed by atoms with van der Waals surface area (Å²) in [6, 6.07) is 23.0. The van der Waals surface area contributed by atoms with E-state index in [1.165, 1.54) is 11.8 Å². The third-order valence-corrected chi connectivity index (χ3v) is 6.59. The minimum Gasteiger partial charge on any atom is -0.497 e. The van der Waals surface area contributed by atoms with Gasteiger partial charge in [-0.1, -0.05) is 62.3 Å². The molecular weight excluding hydrogens is 480 g/mol. The number of carbonyl (C=O) groups excluding carboxylic acids is 1. The summed E-state index contributed by atoms with van der Waals surface area (Å²) >= 11 is 7.44. The van der Waals surface area contributed by atoms with Crippen molar-refractivity contribution in [2.24, 2.45) is 0 Å². The van der Waals surface area contributed by atoms with Gasteiger partial charge in [0.15, 0.2) is 11.0 Å². The summed E-state index contributed by atoms with van der Waals surface area (Å²) in [6.07, 6.45) is 0. The lowest BCUT2D eigenvalue weighted by Crippen LogP contribution is -2.20. The Morgan fingerprint density at radius 1 is 1.00 bits per heavy atom. The largest absolute Gasteiger partial charge is 0.497 e. The van der Waals surface area contributed by atoms with Crippen LogP contribution in [0, 0.1) is 0 Å². The molecule has 0 aliphatic carbocycles. The number of halogens is 1. The molecule has 3 aromatic carbocycles. The van der Waals surface area contributed by atoms with Crippen molar-refractivity contribution in [3.63, 3.8) is 0 Å². The molecule has 4 rings (SSSR count). The van der Waals surface area contributed by atoms with Gasteiger partial charge in [-0.3, -0.25) is 9.36 Å². The summed E-state index contributed by atoms with van der Waals surface area (Å²) in [7, 11) is 1.63. The number of rotatable bonds is 7. The van der Waals surface area contributed by atoms with Crippen molar-refractivity contribution < 1.29 is 9.53 Å². The van der Waals surface area contributed by atoms with E-state index in [-0.39, 0.29) is 17.1 Å². The van der Waals surface area contributed by atoms with Crippen molar-refractivity contribution in [1.29, 1.82) is 0 Å². The predicted octanol–water partition coefficient (Wildman–Crippen LogP) is 6.62. The Hall–Kier alpha value is -3.29. The second-order valence-electron chi connectivity index (χ2n) is 8.98. The van der Waals surface area contributed by atoms with Crippen LogP contribution in [0.2, 0.25) is 5.02 Å². The van der Waals surface area contributed by atoms with E-state index in [9.17, 15) is 4.79 Å². The number of nitrogens with zero attached hydrogens (tertiary/aromatic N) is 3. The average Bonchev–Trinajstić information content (AvgIpc) is 3.27. The standard InChI is InChI=1S/C27H27ClN4O2S/c1-27(2,3)22-7-5-6-8-23(22)29-24(33)17-35-26-31-30-25(18-9-15-21(34-4)16-10-18)32(26)20-13-11-19(28)12-14-20/h5-16H,17H2,1-4H3,(H,29,33). The van der Waals surface area contributed by atoms with Crippen molar-refractivity contribution in [2.45, 2.75) is 31.3 Å². The van der Waals surface area contributed by atoms with Gasteiger partial charge in [0, 0.05) is 22.0 Å². The van der Waals surface area contributed by atoms with Crippen molar-refractivity contribution >= 4 is 35.0 Å². The number of anilines is 1. The van der Waals surface area contributed by atoms with E-state index in [1.54, 1.807) is 7.11 Å². The first-order valence-corrected chi connectivity index (χ1v) is 12.5. The number of nitrogens with one attached hydrogen (secondary N) is 1. The molecule has 0 fully saturated rings. The highest BCUT2D eigenvalue weighted by Crippen LogP contribution is 2.31. The van der Waals surface area contributed by atoms with Crippen molar-refractivity contribution in [2.75, 3.05) is 18.2 Å². The monoisotopic (exact) mass is 506 g/mol. The third kappa shape index (κ3) is 5.86. The molecule has 0 aliphatic heterocycles. The molecule has 0 saturated heterocycles. The van der Waals surface area contributed by atoms with E-state index in [0.717, 1.165) is 28.3 Å². The van der Waals surface area contributed by atoms with Crippen LogP contribution >= 0.6 is 23.4 Å². The molecule has 0 unspecified atom stereocenters. The molecule has 0 atom stereocenters. The second kappa shape index (κ2) is 10.5. The number of para-hydroxylation sites is 1. The molecule has 0 spiro atoms. The third-order valence-electron chi connectivity index (χ3n) is 5.41. The minimum absolute atomic E-state index is 0.0843. The molecule has 8 heteroatoms. The summed E-state index contributed by atoms with van der Waals surface area (Å²) in [5.41, 5.74) is 3.56. The first kappa shape index (κ1) is 24.8. The number of thioether (sulfide) groups is 1. The Labute approximate surface area is 214 Å². The number of hydrogen-bond donors (Lipinski definition) is 1. The second-order valence-corrected chi connectivity index (χ2v) is 10.4. The molecule has 180 valence electrons. The van der Waals surface area contributed by atoms with Gasteiger partial charge < -0.3 is 10.1 Å². The Morgan fingerprint density at radius 2 is 1.69 bits per heavy atom. The predicted molar refractivity (Wildman–Crippen MR) is 143 cm³/mol. The maximum absolute atomic E-state index is 12.9. The zero-order chi connectivity index (χ0) is 25.0. The Kier molecular flexibility index (Phi) is 7.48. The summed E-state index contributed by atoms with van der Waals surface area (Å²) in [4.78, 5) is 12.9. The van der Waals surface area contributed by atoms with Gasteiger partial charge in [0.1, 0.15) is 5.75 Å². The molecule has 35 heavy (non-hydrogen) atoms. The summed E-state index contributed by atoms with van der Waals surface area (Å²) in [5.74, 6) is 1.50. The van der Waals surface area contributed by atoms with E-state index >= 15 is 0 Å². The van der Waals surface area contributed by atoms with Gasteiger partial charge in [-0.15, -0.1) is 10.2 Å². The number of methoxy groups -OCH3 is 1. The van der Waals surface area contributed by atoms with Gasteiger partial charge in [-0.05, 0) is 65.6 Å². The lowest BCUT2D eigenvalue weighted by atomic mass is 9.86. The van der Waals surface area contributed by atoms with Crippen LogP contribution in [0.1, 0.15) is 26.3 Å². The van der Waals surface area contributed by atoms with Crippen LogP contribution in [-0.2, 0) is 10.2 Å². The van der Waals surface area contributed by atoms with E-state index in [0.29, 0.717) is 16.0 Å². The van der Waals surface area contributed by atoms with Gasteiger partial charge in [0.05, 0.1) is 12.9 Å². The molecule has 0 radical (unpaired) electrons. The number of amides is 1. The molecule has 1 heterocycles. The van der Waals surface area contributed by atoms with E-state index < -0.39 is 0 Å². The van der Waals surface area contributed by atoms with Crippen LogP contribution < -0.4 is 10.1 Å². The maximum Gasteiger partial charge on any atom is 0.234 e. The fourth-order valence-electron chi connectivity index (χ4n) is 3.68. The highest BCUT2D eigenvalue weighted by atomic mass is 35.5. The highest BCUT2D eigenvalue weighted by molar-refractivity contribution is 7.99. The van der Waals surface area contributed by atoms with Crippen LogP contribution in [0.3, 0.4) is 0 Å². The number of carbonyl (C=O) groups is 1. The summed E-state index contributed by atoms with van der Waals surface area (Å²) in [5, 5.41) is 13.1. The molecule has 4 aromatic rings. The SMILES string of the molecule is COc1ccc(-c2nnc(SCC(=O)Nc3ccccc3C(C)(C)C)n2-c2ccc(Cl)cc2)cc1. The van der Waals surface area contributed by atoms with Crippen LogP contribution in [0.15, 0.2) is 78.0 Å². The van der Waals surface area contributed by atoms with Crippen LogP contribution in [0.4, 0.5) is 5.69 Å². The fraction of sp³-hybridized carbons (Fsp3) is 0.222. The summed E-state index contributed by atoms with van der Waals surface area (Å²) < 4.78 is 7.21. The zero-order valence-corrected chi connectivity index (χ0v) is 21.7. The smallest absolute Gasteiger partial charge is 0.234 e. The van der Waals surface area contributed by atoms with Crippen molar-refractivity contribution in [3.8, 4) is 22.8 Å². The van der Waals surface area contributed by atoms with Gasteiger partial charge >= 0.3 is 0 Å². The lowest BCUT2D eigenvalue weighted by molar-refractivity contribution is -0.113. The number of hydrogen-bond acceptors (Lipinski definition) is 5. The maximum atomic E-state index is 12.9. The van der Waals surface area contributed by atoms with E-state index in [1.807, 2.05) is 77.4 Å². The van der Waals surface area contributed by atoms with Gasteiger partial charge in [-0.25, -0.2) is 0 Å². The van der Waals surface area contributed by atoms with Crippen molar-refractivity contribution in [1.82, 2.24) is 14.8 Å². The lowest BCUT2D eigenvalue weighted by Gasteiger charge is -2.23. The first-order chi connectivity index (χ1) is 16.8. The molecule has 1 amide bonds. The first-order valence-electron chi connectivity index (χ1n) is 11.1. The van der Waals surface area contributed by atoms with E-state index in [4.69, 9.17) is 16.3 Å². The molecule has 0 bridgehead atoms. The number of ether oxygens (including phenoxy) is 1. The molecule has 1 N–H and O–H groups in total. The van der Waals surface area contributed by atoms with Crippen molar-refractivity contribution in [3.05, 3.63) is 83.4 Å². The minimum atomic E-state index is -0.108. The Bertz CT molecular complexity index is 1310.